The molecule has 1 rings (SSSR count). The Labute approximate surface area is 73.7 Å². The summed E-state index contributed by atoms with van der Waals surface area (Å²) in [5.41, 5.74) is -1.18. The number of halogens is 1. The quantitative estimate of drug-likeness (QED) is 0.598. The average molecular weight is 175 g/mol. The molecule has 2 nitrogen and oxygen atoms in total. The fourth-order valence-electron chi connectivity index (χ4n) is 1.46. The van der Waals surface area contributed by atoms with E-state index in [2.05, 4.69) is 18.7 Å². The third-order valence-electron chi connectivity index (χ3n) is 2.19. The Morgan fingerprint density at radius 3 is 2.75 bits per heavy atom. The van der Waals surface area contributed by atoms with Gasteiger partial charge < -0.3 is 4.74 Å². The van der Waals surface area contributed by atoms with Gasteiger partial charge in [0.1, 0.15) is 5.67 Å². The van der Waals surface area contributed by atoms with Crippen LogP contribution in [0.1, 0.15) is 20.8 Å². The number of hydrogen-bond donors (Lipinski definition) is 0. The number of ether oxygens (including phenoxy) is 1. The SMILES string of the molecule is CC(C)N1CCOC[C@@](C)(F)C1. The highest BCUT2D eigenvalue weighted by molar-refractivity contribution is 4.81. The fraction of sp³-hybridized carbons (Fsp3) is 1.00. The Bertz CT molecular complexity index is 147. The Hall–Kier alpha value is -0.150. The lowest BCUT2D eigenvalue weighted by Crippen LogP contribution is -2.41. The zero-order valence-corrected chi connectivity index (χ0v) is 8.14. The molecule has 0 aromatic carbocycles. The summed E-state index contributed by atoms with van der Waals surface area (Å²) in [6, 6.07) is 0.404. The first-order valence-electron chi connectivity index (χ1n) is 4.52. The maximum Gasteiger partial charge on any atom is 0.144 e. The minimum atomic E-state index is -1.18. The second-order valence-corrected chi connectivity index (χ2v) is 4.03. The molecule has 1 atom stereocenters. The van der Waals surface area contributed by atoms with Gasteiger partial charge in [-0.3, -0.25) is 4.90 Å². The lowest BCUT2D eigenvalue weighted by molar-refractivity contribution is 0.0444. The molecule has 1 saturated heterocycles. The van der Waals surface area contributed by atoms with E-state index in [4.69, 9.17) is 4.74 Å². The molecule has 0 spiro atoms. The summed E-state index contributed by atoms with van der Waals surface area (Å²) in [4.78, 5) is 2.12. The van der Waals surface area contributed by atoms with Crippen molar-refractivity contribution in [2.45, 2.75) is 32.5 Å². The van der Waals surface area contributed by atoms with E-state index in [0.29, 0.717) is 19.2 Å². The fourth-order valence-corrected chi connectivity index (χ4v) is 1.46. The first kappa shape index (κ1) is 9.93. The third kappa shape index (κ3) is 2.72. The van der Waals surface area contributed by atoms with Crippen LogP contribution in [-0.2, 0) is 4.74 Å². The standard InChI is InChI=1S/C9H18FNO/c1-8(2)11-4-5-12-7-9(3,10)6-11/h8H,4-7H2,1-3H3/t9-/m0/s1. The lowest BCUT2D eigenvalue weighted by atomic mass is 10.1. The van der Waals surface area contributed by atoms with Crippen molar-refractivity contribution in [2.24, 2.45) is 0 Å². The third-order valence-corrected chi connectivity index (χ3v) is 2.19. The van der Waals surface area contributed by atoms with Crippen LogP contribution < -0.4 is 0 Å². The van der Waals surface area contributed by atoms with Crippen molar-refractivity contribution < 1.29 is 9.13 Å². The zero-order chi connectivity index (χ0) is 9.19. The molecule has 0 aromatic rings. The smallest absolute Gasteiger partial charge is 0.144 e. The Morgan fingerprint density at radius 1 is 1.50 bits per heavy atom. The molecule has 72 valence electrons. The molecule has 0 radical (unpaired) electrons. The highest BCUT2D eigenvalue weighted by Crippen LogP contribution is 2.17. The van der Waals surface area contributed by atoms with Gasteiger partial charge in [0, 0.05) is 19.1 Å². The molecule has 0 amide bonds. The van der Waals surface area contributed by atoms with Gasteiger partial charge in [0.25, 0.3) is 0 Å². The van der Waals surface area contributed by atoms with Crippen molar-refractivity contribution in [2.75, 3.05) is 26.3 Å². The minimum Gasteiger partial charge on any atom is -0.377 e. The highest BCUT2D eigenvalue weighted by Gasteiger charge is 2.30. The summed E-state index contributed by atoms with van der Waals surface area (Å²) in [6.07, 6.45) is 0. The molecular weight excluding hydrogens is 157 g/mol. The maximum atomic E-state index is 13.6. The predicted molar refractivity (Wildman–Crippen MR) is 47.0 cm³/mol. The first-order valence-corrected chi connectivity index (χ1v) is 4.52. The number of hydrogen-bond acceptors (Lipinski definition) is 2. The van der Waals surface area contributed by atoms with Crippen LogP contribution >= 0.6 is 0 Å². The molecule has 12 heavy (non-hydrogen) atoms. The van der Waals surface area contributed by atoms with Crippen LogP contribution in [0.15, 0.2) is 0 Å². The summed E-state index contributed by atoms with van der Waals surface area (Å²) in [5, 5.41) is 0. The normalized spacial score (nSPS) is 33.8. The molecule has 0 unspecified atom stereocenters. The van der Waals surface area contributed by atoms with Gasteiger partial charge in [-0.25, -0.2) is 4.39 Å². The monoisotopic (exact) mass is 175 g/mol. The average Bonchev–Trinajstić information content (AvgIpc) is 2.10. The van der Waals surface area contributed by atoms with Gasteiger partial charge >= 0.3 is 0 Å². The first-order chi connectivity index (χ1) is 5.51. The van der Waals surface area contributed by atoms with Gasteiger partial charge in [0.2, 0.25) is 0 Å². The van der Waals surface area contributed by atoms with Crippen LogP contribution in [0, 0.1) is 0 Å². The molecule has 0 aromatic heterocycles. The highest BCUT2D eigenvalue weighted by atomic mass is 19.1. The minimum absolute atomic E-state index is 0.232. The summed E-state index contributed by atoms with van der Waals surface area (Å²) in [7, 11) is 0. The van der Waals surface area contributed by atoms with E-state index in [-0.39, 0.29) is 6.61 Å². The Balaban J connectivity index is 2.54. The molecule has 1 heterocycles. The maximum absolute atomic E-state index is 13.6. The van der Waals surface area contributed by atoms with Gasteiger partial charge in [-0.15, -0.1) is 0 Å². The number of nitrogens with zero attached hydrogens (tertiary/aromatic N) is 1. The Kier molecular flexibility index (Phi) is 3.07. The predicted octanol–water partition coefficient (Wildman–Crippen LogP) is 1.46. The number of alkyl halides is 1. The van der Waals surface area contributed by atoms with Crippen molar-refractivity contribution in [3.8, 4) is 0 Å². The van der Waals surface area contributed by atoms with E-state index in [1.807, 2.05) is 0 Å². The van der Waals surface area contributed by atoms with Crippen molar-refractivity contribution in [3.63, 3.8) is 0 Å². The van der Waals surface area contributed by atoms with E-state index in [1.54, 1.807) is 6.92 Å². The molecule has 1 aliphatic rings. The van der Waals surface area contributed by atoms with Crippen molar-refractivity contribution >= 4 is 0 Å². The van der Waals surface area contributed by atoms with Crippen LogP contribution in [0.2, 0.25) is 0 Å². The van der Waals surface area contributed by atoms with E-state index < -0.39 is 5.67 Å². The molecule has 1 aliphatic heterocycles. The summed E-state index contributed by atoms with van der Waals surface area (Å²) in [5.74, 6) is 0. The summed E-state index contributed by atoms with van der Waals surface area (Å²) >= 11 is 0. The number of rotatable bonds is 1. The van der Waals surface area contributed by atoms with Crippen molar-refractivity contribution in [3.05, 3.63) is 0 Å². The van der Waals surface area contributed by atoms with Crippen LogP contribution in [0.4, 0.5) is 4.39 Å². The topological polar surface area (TPSA) is 12.5 Å². The van der Waals surface area contributed by atoms with Crippen LogP contribution in [0.3, 0.4) is 0 Å². The van der Waals surface area contributed by atoms with Gasteiger partial charge in [-0.1, -0.05) is 0 Å². The van der Waals surface area contributed by atoms with Crippen molar-refractivity contribution in [1.29, 1.82) is 0 Å². The second-order valence-electron chi connectivity index (χ2n) is 4.03. The molecule has 1 fully saturated rings. The summed E-state index contributed by atoms with van der Waals surface area (Å²) in [6.45, 7) is 7.99. The second kappa shape index (κ2) is 3.71. The lowest BCUT2D eigenvalue weighted by Gasteiger charge is -2.28. The Morgan fingerprint density at radius 2 is 2.17 bits per heavy atom. The van der Waals surface area contributed by atoms with E-state index >= 15 is 0 Å². The van der Waals surface area contributed by atoms with E-state index in [1.165, 1.54) is 0 Å². The van der Waals surface area contributed by atoms with E-state index in [0.717, 1.165) is 6.54 Å². The van der Waals surface area contributed by atoms with E-state index in [9.17, 15) is 4.39 Å². The van der Waals surface area contributed by atoms with Crippen LogP contribution in [-0.4, -0.2) is 42.9 Å². The van der Waals surface area contributed by atoms with Crippen LogP contribution in [0.5, 0.6) is 0 Å². The van der Waals surface area contributed by atoms with Crippen molar-refractivity contribution in [1.82, 2.24) is 4.90 Å². The molecular formula is C9H18FNO. The molecule has 3 heteroatoms. The molecule has 0 aliphatic carbocycles. The van der Waals surface area contributed by atoms with Gasteiger partial charge in [0.15, 0.2) is 0 Å². The zero-order valence-electron chi connectivity index (χ0n) is 8.14. The van der Waals surface area contributed by atoms with Crippen LogP contribution in [0.25, 0.3) is 0 Å². The van der Waals surface area contributed by atoms with Gasteiger partial charge in [0.05, 0.1) is 13.2 Å². The molecule has 0 saturated carbocycles. The molecule has 0 bridgehead atoms. The van der Waals surface area contributed by atoms with Gasteiger partial charge in [-0.2, -0.15) is 0 Å². The molecule has 0 N–H and O–H groups in total. The van der Waals surface area contributed by atoms with Gasteiger partial charge in [-0.05, 0) is 20.8 Å². The summed E-state index contributed by atoms with van der Waals surface area (Å²) < 4.78 is 18.7. The largest absolute Gasteiger partial charge is 0.377 e.